The lowest BCUT2D eigenvalue weighted by atomic mass is 10.2. The Morgan fingerprint density at radius 1 is 1.20 bits per heavy atom. The standard InChI is InChI=1S/C20H24N4O/c1-4-24(14-16-8-10-19(11-9-16)23(2)3)15-20(25)22-18-7-5-6-17(12-18)13-21/h5-12H,4,14-15H2,1-3H3,(H,22,25)/p+1. The highest BCUT2D eigenvalue weighted by Gasteiger charge is 2.13. The first-order chi connectivity index (χ1) is 12.0. The normalized spacial score (nSPS) is 11.4. The van der Waals surface area contributed by atoms with Crippen molar-refractivity contribution in [2.24, 2.45) is 0 Å². The Morgan fingerprint density at radius 2 is 1.92 bits per heavy atom. The summed E-state index contributed by atoms with van der Waals surface area (Å²) in [6.45, 7) is 4.13. The maximum Gasteiger partial charge on any atom is 0.279 e. The Kier molecular flexibility index (Phi) is 6.55. The van der Waals surface area contributed by atoms with E-state index in [9.17, 15) is 4.79 Å². The fraction of sp³-hybridized carbons (Fsp3) is 0.300. The van der Waals surface area contributed by atoms with Crippen LogP contribution in [0.2, 0.25) is 0 Å². The molecule has 2 rings (SSSR count). The van der Waals surface area contributed by atoms with Gasteiger partial charge in [0.25, 0.3) is 5.91 Å². The number of rotatable bonds is 7. The van der Waals surface area contributed by atoms with Crippen LogP contribution in [0.4, 0.5) is 11.4 Å². The predicted octanol–water partition coefficient (Wildman–Crippen LogP) is 1.67. The number of quaternary nitrogens is 1. The van der Waals surface area contributed by atoms with Gasteiger partial charge >= 0.3 is 0 Å². The molecule has 0 aliphatic heterocycles. The van der Waals surface area contributed by atoms with Crippen molar-refractivity contribution in [1.82, 2.24) is 0 Å². The van der Waals surface area contributed by atoms with Crippen LogP contribution < -0.4 is 15.1 Å². The molecule has 5 heteroatoms. The van der Waals surface area contributed by atoms with Crippen molar-refractivity contribution in [2.45, 2.75) is 13.5 Å². The lowest BCUT2D eigenvalue weighted by Gasteiger charge is -2.18. The van der Waals surface area contributed by atoms with Crippen molar-refractivity contribution in [3.63, 3.8) is 0 Å². The summed E-state index contributed by atoms with van der Waals surface area (Å²) < 4.78 is 0. The first-order valence-corrected chi connectivity index (χ1v) is 8.41. The molecule has 0 aliphatic carbocycles. The fourth-order valence-corrected chi connectivity index (χ4v) is 2.61. The van der Waals surface area contributed by atoms with Gasteiger partial charge in [0, 0.05) is 31.0 Å². The van der Waals surface area contributed by atoms with Gasteiger partial charge in [-0.05, 0) is 37.3 Å². The van der Waals surface area contributed by atoms with Crippen molar-refractivity contribution in [2.75, 3.05) is 37.4 Å². The van der Waals surface area contributed by atoms with Gasteiger partial charge in [0.2, 0.25) is 0 Å². The highest BCUT2D eigenvalue weighted by molar-refractivity contribution is 5.91. The van der Waals surface area contributed by atoms with Crippen LogP contribution in [0.15, 0.2) is 48.5 Å². The Morgan fingerprint density at radius 3 is 2.52 bits per heavy atom. The summed E-state index contributed by atoms with van der Waals surface area (Å²) in [5, 5.41) is 11.8. The third kappa shape index (κ3) is 5.63. The second-order valence-corrected chi connectivity index (χ2v) is 6.26. The molecule has 130 valence electrons. The molecule has 1 atom stereocenters. The molecule has 25 heavy (non-hydrogen) atoms. The summed E-state index contributed by atoms with van der Waals surface area (Å²) in [6, 6.07) is 17.5. The van der Waals surface area contributed by atoms with E-state index in [2.05, 4.69) is 47.5 Å². The molecule has 0 fully saturated rings. The maximum absolute atomic E-state index is 12.3. The lowest BCUT2D eigenvalue weighted by Crippen LogP contribution is -3.11. The third-order valence-corrected chi connectivity index (χ3v) is 4.09. The molecule has 0 radical (unpaired) electrons. The lowest BCUT2D eigenvalue weighted by molar-refractivity contribution is -0.903. The van der Waals surface area contributed by atoms with Crippen LogP contribution in [0.5, 0.6) is 0 Å². The number of nitrogens with one attached hydrogen (secondary N) is 2. The van der Waals surface area contributed by atoms with Crippen LogP contribution in [0.1, 0.15) is 18.1 Å². The third-order valence-electron chi connectivity index (χ3n) is 4.09. The molecule has 0 aliphatic rings. The van der Waals surface area contributed by atoms with Gasteiger partial charge in [0.15, 0.2) is 6.54 Å². The van der Waals surface area contributed by atoms with E-state index in [1.54, 1.807) is 24.3 Å². The first-order valence-electron chi connectivity index (χ1n) is 8.41. The number of amides is 1. The van der Waals surface area contributed by atoms with Crippen LogP contribution in [0, 0.1) is 11.3 Å². The second-order valence-electron chi connectivity index (χ2n) is 6.26. The molecule has 0 bridgehead atoms. The topological polar surface area (TPSA) is 60.6 Å². The van der Waals surface area contributed by atoms with Gasteiger partial charge in [-0.25, -0.2) is 0 Å². The van der Waals surface area contributed by atoms with Crippen LogP contribution in [-0.2, 0) is 11.3 Å². The molecule has 1 amide bonds. The SMILES string of the molecule is CC[NH+](CC(=O)Nc1cccc(C#N)c1)Cc1ccc(N(C)C)cc1. The van der Waals surface area contributed by atoms with Crippen LogP contribution in [0.25, 0.3) is 0 Å². The molecular weight excluding hydrogens is 312 g/mol. The minimum absolute atomic E-state index is 0.0446. The summed E-state index contributed by atoms with van der Waals surface area (Å²) in [7, 11) is 4.04. The summed E-state index contributed by atoms with van der Waals surface area (Å²) in [5.41, 5.74) is 3.58. The minimum Gasteiger partial charge on any atom is -0.378 e. The molecule has 1 unspecified atom stereocenters. The average molecular weight is 337 g/mol. The Hall–Kier alpha value is -2.84. The van der Waals surface area contributed by atoms with E-state index in [1.165, 1.54) is 10.5 Å². The summed E-state index contributed by atoms with van der Waals surface area (Å²) in [6.07, 6.45) is 0. The number of carbonyl (C=O) groups excluding carboxylic acids is 1. The molecule has 0 aromatic heterocycles. The smallest absolute Gasteiger partial charge is 0.279 e. The monoisotopic (exact) mass is 337 g/mol. The first kappa shape index (κ1) is 18.5. The molecule has 2 aromatic carbocycles. The number of anilines is 2. The van der Waals surface area contributed by atoms with Crippen LogP contribution >= 0.6 is 0 Å². The quantitative estimate of drug-likeness (QED) is 0.808. The minimum atomic E-state index is -0.0446. The van der Waals surface area contributed by atoms with E-state index in [0.717, 1.165) is 18.8 Å². The van der Waals surface area contributed by atoms with Gasteiger partial charge in [-0.3, -0.25) is 4.79 Å². The Labute approximate surface area is 149 Å². The summed E-state index contributed by atoms with van der Waals surface area (Å²) in [5.74, 6) is -0.0446. The Balaban J connectivity index is 1.94. The van der Waals surface area contributed by atoms with E-state index in [0.29, 0.717) is 17.8 Å². The van der Waals surface area contributed by atoms with Crippen LogP contribution in [-0.4, -0.2) is 33.1 Å². The van der Waals surface area contributed by atoms with E-state index in [4.69, 9.17) is 5.26 Å². The zero-order valence-electron chi connectivity index (χ0n) is 15.0. The fourth-order valence-electron chi connectivity index (χ4n) is 2.61. The zero-order chi connectivity index (χ0) is 18.2. The highest BCUT2D eigenvalue weighted by Crippen LogP contribution is 2.11. The number of nitrogens with zero attached hydrogens (tertiary/aromatic N) is 2. The van der Waals surface area contributed by atoms with Gasteiger partial charge in [-0.2, -0.15) is 5.26 Å². The number of hydrogen-bond donors (Lipinski definition) is 2. The van der Waals surface area contributed by atoms with Gasteiger partial charge < -0.3 is 15.1 Å². The number of nitriles is 1. The molecular formula is C20H25N4O+. The number of benzene rings is 2. The van der Waals surface area contributed by atoms with E-state index >= 15 is 0 Å². The van der Waals surface area contributed by atoms with E-state index in [1.807, 2.05) is 14.1 Å². The van der Waals surface area contributed by atoms with Gasteiger partial charge in [0.1, 0.15) is 6.54 Å². The van der Waals surface area contributed by atoms with Gasteiger partial charge in [0.05, 0.1) is 18.2 Å². The van der Waals surface area contributed by atoms with Crippen molar-refractivity contribution in [1.29, 1.82) is 5.26 Å². The molecule has 0 heterocycles. The average Bonchev–Trinajstić information content (AvgIpc) is 2.61. The summed E-state index contributed by atoms with van der Waals surface area (Å²) in [4.78, 5) is 15.5. The highest BCUT2D eigenvalue weighted by atomic mass is 16.2. The van der Waals surface area contributed by atoms with E-state index < -0.39 is 0 Å². The number of hydrogen-bond acceptors (Lipinski definition) is 3. The molecule has 2 aromatic rings. The number of carbonyl (C=O) groups is 1. The second kappa shape index (κ2) is 8.86. The van der Waals surface area contributed by atoms with Crippen LogP contribution in [0.3, 0.4) is 0 Å². The molecule has 0 saturated heterocycles. The van der Waals surface area contributed by atoms with Crippen molar-refractivity contribution in [3.05, 3.63) is 59.7 Å². The number of likely N-dealkylation sites (N-methyl/N-ethyl adjacent to an activating group) is 1. The van der Waals surface area contributed by atoms with Crippen molar-refractivity contribution >= 4 is 17.3 Å². The van der Waals surface area contributed by atoms with E-state index in [-0.39, 0.29) is 5.91 Å². The summed E-state index contributed by atoms with van der Waals surface area (Å²) >= 11 is 0. The Bertz CT molecular complexity index is 747. The molecule has 0 spiro atoms. The maximum atomic E-state index is 12.3. The van der Waals surface area contributed by atoms with Gasteiger partial charge in [-0.15, -0.1) is 0 Å². The molecule has 5 nitrogen and oxygen atoms in total. The largest absolute Gasteiger partial charge is 0.378 e. The predicted molar refractivity (Wildman–Crippen MR) is 101 cm³/mol. The molecule has 0 saturated carbocycles. The van der Waals surface area contributed by atoms with Gasteiger partial charge in [-0.1, -0.05) is 18.2 Å². The van der Waals surface area contributed by atoms with Crippen molar-refractivity contribution < 1.29 is 9.69 Å². The molecule has 2 N–H and O–H groups in total. The van der Waals surface area contributed by atoms with Crippen molar-refractivity contribution in [3.8, 4) is 6.07 Å². The zero-order valence-corrected chi connectivity index (χ0v) is 15.0.